The summed E-state index contributed by atoms with van der Waals surface area (Å²) in [4.78, 5) is 16.0. The van der Waals surface area contributed by atoms with Gasteiger partial charge in [0.05, 0.1) is 28.4 Å². The molecule has 2 unspecified atom stereocenters. The van der Waals surface area contributed by atoms with Gasteiger partial charge in [0.25, 0.3) is 0 Å². The number of carbonyl (C=O) groups excluding carboxylic acids is 1. The van der Waals surface area contributed by atoms with E-state index < -0.39 is 27.2 Å². The van der Waals surface area contributed by atoms with E-state index in [1.165, 1.54) is 18.5 Å². The highest BCUT2D eigenvalue weighted by molar-refractivity contribution is 7.92. The molecule has 8 heteroatoms. The molecule has 1 aliphatic rings. The minimum absolute atomic E-state index is 0.0379. The summed E-state index contributed by atoms with van der Waals surface area (Å²) in [6.07, 6.45) is 3.13. The minimum atomic E-state index is -3.69. The lowest BCUT2D eigenvalue weighted by Crippen LogP contribution is -2.29. The molecule has 1 aromatic heterocycles. The van der Waals surface area contributed by atoms with Gasteiger partial charge < -0.3 is 14.2 Å². The van der Waals surface area contributed by atoms with Crippen LogP contribution in [-0.2, 0) is 24.0 Å². The van der Waals surface area contributed by atoms with E-state index in [0.29, 0.717) is 26.1 Å². The Hall–Kier alpha value is -1.51. The number of nitrogens with zero attached hydrogens (tertiary/aromatic N) is 1. The summed E-state index contributed by atoms with van der Waals surface area (Å²) in [5.41, 5.74) is -0.0379. The van der Waals surface area contributed by atoms with Gasteiger partial charge in [0.15, 0.2) is 9.84 Å². The molecular formula is C15H21NO6S. The molecule has 128 valence electrons. The lowest BCUT2D eigenvalue weighted by atomic mass is 10.2. The predicted octanol–water partition coefficient (Wildman–Crippen LogP) is 1.23. The summed E-state index contributed by atoms with van der Waals surface area (Å²) >= 11 is 0. The van der Waals surface area contributed by atoms with E-state index >= 15 is 0 Å². The van der Waals surface area contributed by atoms with Crippen LogP contribution < -0.4 is 0 Å². The number of rotatable bonds is 7. The first-order valence-electron chi connectivity index (χ1n) is 7.44. The summed E-state index contributed by atoms with van der Waals surface area (Å²) in [5.74, 6) is -0.695. The van der Waals surface area contributed by atoms with Crippen LogP contribution in [0.1, 0.15) is 30.1 Å². The molecule has 0 aliphatic carbocycles. The van der Waals surface area contributed by atoms with Crippen LogP contribution in [0.15, 0.2) is 23.4 Å². The van der Waals surface area contributed by atoms with Crippen LogP contribution in [0.2, 0.25) is 0 Å². The van der Waals surface area contributed by atoms with Crippen molar-refractivity contribution in [3.8, 4) is 0 Å². The number of esters is 1. The summed E-state index contributed by atoms with van der Waals surface area (Å²) in [6, 6.07) is 1.34. The molecule has 1 aliphatic heterocycles. The van der Waals surface area contributed by atoms with Crippen LogP contribution in [-0.4, -0.2) is 57.7 Å². The zero-order chi connectivity index (χ0) is 16.9. The summed E-state index contributed by atoms with van der Waals surface area (Å²) in [5, 5.41) is -0.662. The number of pyridine rings is 1. The Morgan fingerprint density at radius 3 is 2.87 bits per heavy atom. The number of methoxy groups -OCH3 is 1. The van der Waals surface area contributed by atoms with Gasteiger partial charge in [-0.2, -0.15) is 0 Å². The van der Waals surface area contributed by atoms with Gasteiger partial charge in [-0.05, 0) is 19.4 Å². The first-order valence-corrected chi connectivity index (χ1v) is 8.98. The molecule has 0 N–H and O–H groups in total. The van der Waals surface area contributed by atoms with Gasteiger partial charge in [-0.1, -0.05) is 0 Å². The predicted molar refractivity (Wildman–Crippen MR) is 82.0 cm³/mol. The molecule has 0 radical (unpaired) electrons. The van der Waals surface area contributed by atoms with E-state index in [4.69, 9.17) is 14.2 Å². The molecule has 23 heavy (non-hydrogen) atoms. The van der Waals surface area contributed by atoms with Crippen LogP contribution >= 0.6 is 0 Å². The van der Waals surface area contributed by atoms with Crippen molar-refractivity contribution in [1.29, 1.82) is 0 Å². The zero-order valence-corrected chi connectivity index (χ0v) is 14.0. The lowest BCUT2D eigenvalue weighted by Gasteiger charge is -2.17. The van der Waals surface area contributed by atoms with Crippen molar-refractivity contribution >= 4 is 15.8 Å². The number of hydrogen-bond acceptors (Lipinski definition) is 7. The maximum Gasteiger partial charge on any atom is 0.341 e. The van der Waals surface area contributed by atoms with Gasteiger partial charge in [-0.3, -0.25) is 4.98 Å². The fraction of sp³-hybridized carbons (Fsp3) is 0.600. The van der Waals surface area contributed by atoms with Crippen molar-refractivity contribution in [2.45, 2.75) is 36.0 Å². The average molecular weight is 343 g/mol. The topological polar surface area (TPSA) is 91.8 Å². The van der Waals surface area contributed by atoms with Gasteiger partial charge >= 0.3 is 5.97 Å². The Kier molecular flexibility index (Phi) is 6.09. The molecule has 2 heterocycles. The van der Waals surface area contributed by atoms with E-state index in [1.807, 2.05) is 0 Å². The van der Waals surface area contributed by atoms with E-state index in [1.54, 1.807) is 14.0 Å². The van der Waals surface area contributed by atoms with Gasteiger partial charge in [0.2, 0.25) is 0 Å². The fourth-order valence-electron chi connectivity index (χ4n) is 2.51. The van der Waals surface area contributed by atoms with Crippen LogP contribution in [0, 0.1) is 0 Å². The SMILES string of the molecule is COCCCOC(=O)c1cnccc1S(=O)(=O)C1CCOC1C. The Bertz CT molecular complexity index is 645. The number of ether oxygens (including phenoxy) is 3. The van der Waals surface area contributed by atoms with Crippen LogP contribution in [0.4, 0.5) is 0 Å². The van der Waals surface area contributed by atoms with E-state index in [9.17, 15) is 13.2 Å². The highest BCUT2D eigenvalue weighted by Gasteiger charge is 2.39. The second-order valence-electron chi connectivity index (χ2n) is 5.30. The van der Waals surface area contributed by atoms with Gasteiger partial charge in [-0.15, -0.1) is 0 Å². The third-order valence-corrected chi connectivity index (χ3v) is 6.12. The molecule has 1 aromatic rings. The van der Waals surface area contributed by atoms with Crippen molar-refractivity contribution in [1.82, 2.24) is 4.98 Å². The average Bonchev–Trinajstić information content (AvgIpc) is 2.98. The number of carbonyl (C=O) groups is 1. The first kappa shape index (κ1) is 17.8. The molecule has 7 nitrogen and oxygen atoms in total. The first-order chi connectivity index (χ1) is 11.0. The molecule has 0 amide bonds. The second-order valence-corrected chi connectivity index (χ2v) is 7.44. The van der Waals surface area contributed by atoms with E-state index in [2.05, 4.69) is 4.98 Å². The maximum atomic E-state index is 12.8. The van der Waals surface area contributed by atoms with Gasteiger partial charge in [-0.25, -0.2) is 13.2 Å². The Morgan fingerprint density at radius 1 is 1.43 bits per heavy atom. The third kappa shape index (κ3) is 4.07. The van der Waals surface area contributed by atoms with Crippen molar-refractivity contribution in [2.24, 2.45) is 0 Å². The number of aromatic nitrogens is 1. The molecule has 2 rings (SSSR count). The molecule has 1 fully saturated rings. The minimum Gasteiger partial charge on any atom is -0.462 e. The molecule has 0 saturated carbocycles. The highest BCUT2D eigenvalue weighted by atomic mass is 32.2. The molecule has 0 aromatic carbocycles. The van der Waals surface area contributed by atoms with Crippen LogP contribution in [0.5, 0.6) is 0 Å². The third-order valence-electron chi connectivity index (χ3n) is 3.74. The number of sulfone groups is 1. The quantitative estimate of drug-likeness (QED) is 0.543. The monoisotopic (exact) mass is 343 g/mol. The second kappa shape index (κ2) is 7.85. The fourth-order valence-corrected chi connectivity index (χ4v) is 4.52. The summed E-state index contributed by atoms with van der Waals surface area (Å²) in [7, 11) is -2.14. The van der Waals surface area contributed by atoms with Gasteiger partial charge in [0, 0.05) is 39.1 Å². The van der Waals surface area contributed by atoms with E-state index in [0.717, 1.165) is 0 Å². The molecule has 0 spiro atoms. The molecule has 0 bridgehead atoms. The van der Waals surface area contributed by atoms with Crippen molar-refractivity contribution in [3.05, 3.63) is 24.0 Å². The Morgan fingerprint density at radius 2 is 2.22 bits per heavy atom. The van der Waals surface area contributed by atoms with E-state index in [-0.39, 0.29) is 17.1 Å². The van der Waals surface area contributed by atoms with Gasteiger partial charge in [0.1, 0.15) is 0 Å². The normalized spacial score (nSPS) is 21.3. The number of hydrogen-bond donors (Lipinski definition) is 0. The summed E-state index contributed by atoms with van der Waals surface area (Å²) < 4.78 is 40.9. The molecule has 2 atom stereocenters. The largest absolute Gasteiger partial charge is 0.462 e. The van der Waals surface area contributed by atoms with Crippen molar-refractivity contribution < 1.29 is 27.4 Å². The zero-order valence-electron chi connectivity index (χ0n) is 13.2. The Balaban J connectivity index is 2.21. The van der Waals surface area contributed by atoms with Crippen LogP contribution in [0.3, 0.4) is 0 Å². The molecular weight excluding hydrogens is 322 g/mol. The molecule has 1 saturated heterocycles. The smallest absolute Gasteiger partial charge is 0.341 e. The maximum absolute atomic E-state index is 12.8. The summed E-state index contributed by atoms with van der Waals surface area (Å²) in [6.45, 7) is 2.73. The van der Waals surface area contributed by atoms with Crippen LogP contribution in [0.25, 0.3) is 0 Å². The van der Waals surface area contributed by atoms with Crippen molar-refractivity contribution in [3.63, 3.8) is 0 Å². The standard InChI is InChI=1S/C15H21NO6S/c1-11-13(5-9-21-11)23(18,19)14-4-6-16-10-12(14)15(17)22-8-3-7-20-2/h4,6,10-11,13H,3,5,7-9H2,1-2H3. The Labute approximate surface area is 135 Å². The van der Waals surface area contributed by atoms with Crippen molar-refractivity contribution in [2.75, 3.05) is 26.9 Å². The lowest BCUT2D eigenvalue weighted by molar-refractivity contribution is 0.0463. The highest BCUT2D eigenvalue weighted by Crippen LogP contribution is 2.28.